The van der Waals surface area contributed by atoms with Gasteiger partial charge in [0, 0.05) is 17.9 Å². The lowest BCUT2D eigenvalue weighted by molar-refractivity contribution is -0.0328. The first kappa shape index (κ1) is 21.6. The van der Waals surface area contributed by atoms with E-state index in [1.54, 1.807) is 12.1 Å². The summed E-state index contributed by atoms with van der Waals surface area (Å²) >= 11 is -0.0928. The Balaban J connectivity index is 0.00000261. The van der Waals surface area contributed by atoms with E-state index in [9.17, 15) is 13.2 Å². The molecule has 1 saturated heterocycles. The molecule has 0 bridgehead atoms. The summed E-state index contributed by atoms with van der Waals surface area (Å²) in [5, 5.41) is 3.39. The number of thioether (sulfide) groups is 1. The molecule has 2 nitrogen and oxygen atoms in total. The quantitative estimate of drug-likeness (QED) is 0.587. The number of aliphatic imine (C=N–C) groups is 1. The van der Waals surface area contributed by atoms with Crippen molar-refractivity contribution in [2.24, 2.45) is 4.99 Å². The predicted octanol–water partition coefficient (Wildman–Crippen LogP) is 6.37. The summed E-state index contributed by atoms with van der Waals surface area (Å²) in [4.78, 5) is 5.11. The van der Waals surface area contributed by atoms with E-state index >= 15 is 0 Å². The van der Waals surface area contributed by atoms with Crippen molar-refractivity contribution in [2.45, 2.75) is 42.1 Å². The van der Waals surface area contributed by atoms with Gasteiger partial charge >= 0.3 is 5.51 Å². The van der Waals surface area contributed by atoms with Gasteiger partial charge in [0.15, 0.2) is 0 Å². The number of rotatable bonds is 4. The standard InChI is InChI=1S/C20H21F3N2S.ClH/c21-20(22,23)26-17-12-10-16(11-13-17)19(15-7-3-1-4-8-15)25-18-9-5-2-6-14-24-18;/h1,3-4,7-8,10-13,19H,2,5-6,9,14H2,(H,24,25);1H. The number of amidine groups is 1. The predicted molar refractivity (Wildman–Crippen MR) is 108 cm³/mol. The van der Waals surface area contributed by atoms with Gasteiger partial charge in [-0.25, -0.2) is 0 Å². The molecule has 1 unspecified atom stereocenters. The summed E-state index contributed by atoms with van der Waals surface area (Å²) in [6.07, 6.45) is 4.34. The van der Waals surface area contributed by atoms with Crippen LogP contribution in [0.25, 0.3) is 0 Å². The van der Waals surface area contributed by atoms with Gasteiger partial charge in [0.2, 0.25) is 0 Å². The van der Waals surface area contributed by atoms with Crippen molar-refractivity contribution in [3.8, 4) is 0 Å². The fraction of sp³-hybridized carbons (Fsp3) is 0.350. The first-order chi connectivity index (χ1) is 12.5. The molecule has 27 heavy (non-hydrogen) atoms. The maximum Gasteiger partial charge on any atom is 0.446 e. The highest BCUT2D eigenvalue weighted by molar-refractivity contribution is 8.00. The molecular formula is C20H22ClF3N2S. The zero-order valence-corrected chi connectivity index (χ0v) is 16.3. The Morgan fingerprint density at radius 3 is 2.22 bits per heavy atom. The fourth-order valence-electron chi connectivity index (χ4n) is 3.01. The molecule has 2 aromatic rings. The average molecular weight is 415 g/mol. The third-order valence-electron chi connectivity index (χ3n) is 4.25. The summed E-state index contributed by atoms with van der Waals surface area (Å²) in [5.41, 5.74) is -2.35. The monoisotopic (exact) mass is 414 g/mol. The lowest BCUT2D eigenvalue weighted by atomic mass is 9.99. The summed E-state index contributed by atoms with van der Waals surface area (Å²) < 4.78 is 37.6. The SMILES string of the molecule is Cl.FC(F)(F)Sc1ccc(C(N=C2CCCCCN2)c2ccccc2)cc1. The third kappa shape index (κ3) is 6.78. The van der Waals surface area contributed by atoms with Gasteiger partial charge in [-0.15, -0.1) is 12.4 Å². The smallest absolute Gasteiger partial charge is 0.374 e. The second kappa shape index (κ2) is 10.0. The number of hydrogen-bond acceptors (Lipinski definition) is 2. The Labute approximate surface area is 168 Å². The van der Waals surface area contributed by atoms with Crippen LogP contribution in [0.5, 0.6) is 0 Å². The summed E-state index contributed by atoms with van der Waals surface area (Å²) in [6.45, 7) is 0.918. The Kier molecular flexibility index (Phi) is 8.05. The van der Waals surface area contributed by atoms with Crippen LogP contribution in [0.1, 0.15) is 42.9 Å². The van der Waals surface area contributed by atoms with Gasteiger partial charge in [0.05, 0.1) is 5.84 Å². The molecule has 1 N–H and O–H groups in total. The highest BCUT2D eigenvalue weighted by atomic mass is 35.5. The van der Waals surface area contributed by atoms with Crippen molar-refractivity contribution >= 4 is 30.0 Å². The summed E-state index contributed by atoms with van der Waals surface area (Å²) in [6, 6.07) is 16.2. The summed E-state index contributed by atoms with van der Waals surface area (Å²) in [7, 11) is 0. The maximum absolute atomic E-state index is 12.5. The zero-order valence-electron chi connectivity index (χ0n) is 14.7. The average Bonchev–Trinajstić information content (AvgIpc) is 2.89. The van der Waals surface area contributed by atoms with Gasteiger partial charge in [-0.1, -0.05) is 48.9 Å². The van der Waals surface area contributed by atoms with Gasteiger partial charge in [-0.2, -0.15) is 13.2 Å². The molecular weight excluding hydrogens is 393 g/mol. The zero-order chi connectivity index (χ0) is 18.4. The number of alkyl halides is 3. The number of nitrogens with one attached hydrogen (secondary N) is 1. The Morgan fingerprint density at radius 1 is 0.889 bits per heavy atom. The van der Waals surface area contributed by atoms with Gasteiger partial charge < -0.3 is 5.32 Å². The first-order valence-electron chi connectivity index (χ1n) is 8.72. The highest BCUT2D eigenvalue weighted by Crippen LogP contribution is 2.37. The molecule has 1 heterocycles. The van der Waals surface area contributed by atoms with E-state index in [0.717, 1.165) is 42.8 Å². The van der Waals surface area contributed by atoms with Gasteiger partial charge in [0.1, 0.15) is 6.04 Å². The molecule has 3 rings (SSSR count). The Morgan fingerprint density at radius 2 is 1.56 bits per heavy atom. The number of hydrogen-bond donors (Lipinski definition) is 1. The number of benzene rings is 2. The Bertz CT molecular complexity index is 723. The van der Waals surface area contributed by atoms with Crippen LogP contribution in [0.4, 0.5) is 13.2 Å². The molecule has 2 aromatic carbocycles. The minimum absolute atomic E-state index is 0. The third-order valence-corrected chi connectivity index (χ3v) is 4.99. The van der Waals surface area contributed by atoms with E-state index in [1.807, 2.05) is 30.3 Å². The number of halogens is 4. The molecule has 0 amide bonds. The van der Waals surface area contributed by atoms with Crippen LogP contribution in [0.3, 0.4) is 0 Å². The molecule has 0 spiro atoms. The lowest BCUT2D eigenvalue weighted by Crippen LogP contribution is -2.23. The number of nitrogens with zero attached hydrogens (tertiary/aromatic N) is 1. The van der Waals surface area contributed by atoms with E-state index in [2.05, 4.69) is 5.32 Å². The van der Waals surface area contributed by atoms with Crippen molar-refractivity contribution in [3.63, 3.8) is 0 Å². The second-order valence-corrected chi connectivity index (χ2v) is 7.38. The second-order valence-electron chi connectivity index (χ2n) is 6.24. The lowest BCUT2D eigenvalue weighted by Gasteiger charge is -2.17. The van der Waals surface area contributed by atoms with Crippen molar-refractivity contribution in [1.82, 2.24) is 5.32 Å². The molecule has 146 valence electrons. The topological polar surface area (TPSA) is 24.4 Å². The fourth-order valence-corrected chi connectivity index (χ4v) is 3.55. The molecule has 0 aromatic heterocycles. The van der Waals surface area contributed by atoms with Crippen molar-refractivity contribution in [1.29, 1.82) is 0 Å². The summed E-state index contributed by atoms with van der Waals surface area (Å²) in [5.74, 6) is 0.977. The van der Waals surface area contributed by atoms with E-state index < -0.39 is 5.51 Å². The van der Waals surface area contributed by atoms with Gasteiger partial charge in [0.25, 0.3) is 0 Å². The van der Waals surface area contributed by atoms with Crippen LogP contribution < -0.4 is 5.32 Å². The molecule has 7 heteroatoms. The van der Waals surface area contributed by atoms with E-state index in [-0.39, 0.29) is 35.1 Å². The van der Waals surface area contributed by atoms with Gasteiger partial charge in [-0.05, 0) is 47.9 Å². The molecule has 1 atom stereocenters. The Hall–Kier alpha value is -1.66. The van der Waals surface area contributed by atoms with Crippen LogP contribution in [0.2, 0.25) is 0 Å². The van der Waals surface area contributed by atoms with Crippen molar-refractivity contribution in [3.05, 3.63) is 65.7 Å². The molecule has 0 radical (unpaired) electrons. The van der Waals surface area contributed by atoms with Crippen LogP contribution in [0, 0.1) is 0 Å². The maximum atomic E-state index is 12.5. The van der Waals surface area contributed by atoms with E-state index in [1.165, 1.54) is 18.6 Å². The largest absolute Gasteiger partial charge is 0.446 e. The van der Waals surface area contributed by atoms with E-state index in [4.69, 9.17) is 4.99 Å². The molecule has 1 fully saturated rings. The van der Waals surface area contributed by atoms with Crippen molar-refractivity contribution < 1.29 is 13.2 Å². The molecule has 0 saturated carbocycles. The minimum atomic E-state index is -4.27. The van der Waals surface area contributed by atoms with E-state index in [0.29, 0.717) is 0 Å². The van der Waals surface area contributed by atoms with Crippen LogP contribution in [0.15, 0.2) is 64.5 Å². The van der Waals surface area contributed by atoms with Crippen LogP contribution in [-0.2, 0) is 0 Å². The van der Waals surface area contributed by atoms with Gasteiger partial charge in [-0.3, -0.25) is 4.99 Å². The van der Waals surface area contributed by atoms with Crippen LogP contribution >= 0.6 is 24.2 Å². The molecule has 1 aliphatic heterocycles. The minimum Gasteiger partial charge on any atom is -0.374 e. The van der Waals surface area contributed by atoms with Crippen molar-refractivity contribution in [2.75, 3.05) is 6.54 Å². The van der Waals surface area contributed by atoms with Crippen LogP contribution in [-0.4, -0.2) is 17.9 Å². The molecule has 1 aliphatic rings. The normalized spacial score (nSPS) is 17.5. The first-order valence-corrected chi connectivity index (χ1v) is 9.54. The highest BCUT2D eigenvalue weighted by Gasteiger charge is 2.29. The molecule has 0 aliphatic carbocycles.